The fourth-order valence-corrected chi connectivity index (χ4v) is 3.54. The molecular weight excluding hydrogens is 298 g/mol. The Morgan fingerprint density at radius 3 is 2.50 bits per heavy atom. The maximum atomic E-state index is 12.3. The van der Waals surface area contributed by atoms with Gasteiger partial charge in [-0.05, 0) is 42.4 Å². The Hall–Kier alpha value is -2.10. The van der Waals surface area contributed by atoms with Gasteiger partial charge in [-0.25, -0.2) is 4.98 Å². The number of imidazole rings is 1. The molecule has 4 nitrogen and oxygen atoms in total. The van der Waals surface area contributed by atoms with Gasteiger partial charge in [-0.3, -0.25) is 4.79 Å². The molecule has 0 saturated heterocycles. The third kappa shape index (κ3) is 4.47. The van der Waals surface area contributed by atoms with E-state index in [-0.39, 0.29) is 5.91 Å². The molecule has 0 aliphatic heterocycles. The summed E-state index contributed by atoms with van der Waals surface area (Å²) >= 11 is 0. The molecule has 0 unspecified atom stereocenters. The maximum absolute atomic E-state index is 12.3. The van der Waals surface area contributed by atoms with Crippen LogP contribution in [0.1, 0.15) is 54.9 Å². The Kier molecular flexibility index (Phi) is 5.68. The largest absolute Gasteiger partial charge is 0.352 e. The predicted octanol–water partition coefficient (Wildman–Crippen LogP) is 3.88. The molecule has 2 aromatic rings. The fraction of sp³-hybridized carbons (Fsp3) is 0.500. The molecule has 0 spiro atoms. The number of hydrogen-bond acceptors (Lipinski definition) is 2. The molecule has 1 aromatic heterocycles. The Morgan fingerprint density at radius 1 is 1.17 bits per heavy atom. The van der Waals surface area contributed by atoms with Crippen LogP contribution in [0.25, 0.3) is 0 Å². The van der Waals surface area contributed by atoms with Crippen LogP contribution < -0.4 is 5.32 Å². The SMILES string of the molecule is CCC1CCC(CNC(=O)c2ccc(Cn3ccnc3)cc2)CC1. The minimum absolute atomic E-state index is 0.0433. The van der Waals surface area contributed by atoms with Crippen molar-refractivity contribution in [2.24, 2.45) is 11.8 Å². The molecule has 0 bridgehead atoms. The van der Waals surface area contributed by atoms with E-state index in [4.69, 9.17) is 0 Å². The van der Waals surface area contributed by atoms with E-state index in [1.807, 2.05) is 35.0 Å². The maximum Gasteiger partial charge on any atom is 0.251 e. The lowest BCUT2D eigenvalue weighted by Gasteiger charge is -2.27. The van der Waals surface area contributed by atoms with E-state index in [1.165, 1.54) is 37.7 Å². The molecule has 1 fully saturated rings. The van der Waals surface area contributed by atoms with Gasteiger partial charge in [0.15, 0.2) is 0 Å². The molecule has 24 heavy (non-hydrogen) atoms. The first kappa shape index (κ1) is 16.7. The minimum Gasteiger partial charge on any atom is -0.352 e. The number of nitrogens with zero attached hydrogens (tertiary/aromatic N) is 2. The summed E-state index contributed by atoms with van der Waals surface area (Å²) < 4.78 is 2.02. The summed E-state index contributed by atoms with van der Waals surface area (Å²) in [6, 6.07) is 7.86. The monoisotopic (exact) mass is 325 g/mol. The van der Waals surface area contributed by atoms with Gasteiger partial charge in [0.2, 0.25) is 0 Å². The molecule has 1 N–H and O–H groups in total. The van der Waals surface area contributed by atoms with Gasteiger partial charge in [0, 0.05) is 31.0 Å². The normalized spacial score (nSPS) is 20.7. The van der Waals surface area contributed by atoms with Crippen molar-refractivity contribution in [2.45, 2.75) is 45.6 Å². The average Bonchev–Trinajstić information content (AvgIpc) is 3.14. The molecule has 128 valence electrons. The molecular formula is C20H27N3O. The van der Waals surface area contributed by atoms with Crippen LogP contribution in [-0.4, -0.2) is 22.0 Å². The standard InChI is InChI=1S/C20H27N3O/c1-2-16-3-5-17(6-4-16)13-22-20(24)19-9-7-18(8-10-19)14-23-12-11-21-15-23/h7-12,15-17H,2-6,13-14H2,1H3,(H,22,24). The van der Waals surface area contributed by atoms with Crippen LogP contribution in [0.15, 0.2) is 43.0 Å². The topological polar surface area (TPSA) is 46.9 Å². The molecule has 3 rings (SSSR count). The number of aromatic nitrogens is 2. The Balaban J connectivity index is 1.46. The average molecular weight is 325 g/mol. The van der Waals surface area contributed by atoms with Crippen LogP contribution in [-0.2, 0) is 6.54 Å². The highest BCUT2D eigenvalue weighted by Gasteiger charge is 2.20. The number of benzene rings is 1. The minimum atomic E-state index is 0.0433. The quantitative estimate of drug-likeness (QED) is 0.876. The van der Waals surface area contributed by atoms with Crippen LogP contribution in [0, 0.1) is 11.8 Å². The molecule has 1 aliphatic carbocycles. The lowest BCUT2D eigenvalue weighted by molar-refractivity contribution is 0.0941. The summed E-state index contributed by atoms with van der Waals surface area (Å²) in [5.74, 6) is 1.60. The third-order valence-electron chi connectivity index (χ3n) is 5.24. The first-order chi connectivity index (χ1) is 11.7. The van der Waals surface area contributed by atoms with Gasteiger partial charge in [0.25, 0.3) is 5.91 Å². The number of carbonyl (C=O) groups excluding carboxylic acids is 1. The second-order valence-corrected chi connectivity index (χ2v) is 6.94. The zero-order valence-corrected chi connectivity index (χ0v) is 14.4. The van der Waals surface area contributed by atoms with Crippen LogP contribution >= 0.6 is 0 Å². The summed E-state index contributed by atoms with van der Waals surface area (Å²) in [4.78, 5) is 16.4. The number of carbonyl (C=O) groups is 1. The van der Waals surface area contributed by atoms with Gasteiger partial charge in [0.1, 0.15) is 0 Å². The number of amides is 1. The molecule has 1 amide bonds. The Morgan fingerprint density at radius 2 is 1.88 bits per heavy atom. The van der Waals surface area contributed by atoms with Crippen molar-refractivity contribution in [3.05, 3.63) is 54.1 Å². The number of hydrogen-bond donors (Lipinski definition) is 1. The van der Waals surface area contributed by atoms with Crippen molar-refractivity contribution >= 4 is 5.91 Å². The van der Waals surface area contributed by atoms with E-state index >= 15 is 0 Å². The summed E-state index contributed by atoms with van der Waals surface area (Å²) in [5, 5.41) is 3.11. The highest BCUT2D eigenvalue weighted by atomic mass is 16.1. The van der Waals surface area contributed by atoms with Crippen molar-refractivity contribution in [3.63, 3.8) is 0 Å². The molecule has 0 atom stereocenters. The fourth-order valence-electron chi connectivity index (χ4n) is 3.54. The highest BCUT2D eigenvalue weighted by Crippen LogP contribution is 2.30. The van der Waals surface area contributed by atoms with Crippen LogP contribution in [0.3, 0.4) is 0 Å². The molecule has 1 aliphatic rings. The van der Waals surface area contributed by atoms with E-state index in [0.29, 0.717) is 5.92 Å². The van der Waals surface area contributed by atoms with Crippen molar-refractivity contribution in [2.75, 3.05) is 6.54 Å². The van der Waals surface area contributed by atoms with Gasteiger partial charge >= 0.3 is 0 Å². The molecule has 4 heteroatoms. The third-order valence-corrected chi connectivity index (χ3v) is 5.24. The van der Waals surface area contributed by atoms with Crippen LogP contribution in [0.5, 0.6) is 0 Å². The highest BCUT2D eigenvalue weighted by molar-refractivity contribution is 5.94. The summed E-state index contributed by atoms with van der Waals surface area (Å²) in [7, 11) is 0. The Labute approximate surface area is 144 Å². The second-order valence-electron chi connectivity index (χ2n) is 6.94. The summed E-state index contributed by atoms with van der Waals surface area (Å²) in [5.41, 5.74) is 1.91. The number of nitrogens with one attached hydrogen (secondary N) is 1. The van der Waals surface area contributed by atoms with Crippen molar-refractivity contribution < 1.29 is 4.79 Å². The van der Waals surface area contributed by atoms with E-state index in [1.54, 1.807) is 12.5 Å². The van der Waals surface area contributed by atoms with Gasteiger partial charge < -0.3 is 9.88 Å². The smallest absolute Gasteiger partial charge is 0.251 e. The van der Waals surface area contributed by atoms with Crippen molar-refractivity contribution in [1.29, 1.82) is 0 Å². The number of rotatable bonds is 6. The lowest BCUT2D eigenvalue weighted by Crippen LogP contribution is -2.31. The summed E-state index contributed by atoms with van der Waals surface area (Å²) in [6.07, 6.45) is 12.0. The lowest BCUT2D eigenvalue weighted by atomic mass is 9.81. The molecule has 0 radical (unpaired) electrons. The van der Waals surface area contributed by atoms with Crippen molar-refractivity contribution in [1.82, 2.24) is 14.9 Å². The van der Waals surface area contributed by atoms with Gasteiger partial charge in [-0.1, -0.05) is 38.3 Å². The van der Waals surface area contributed by atoms with E-state index < -0.39 is 0 Å². The van der Waals surface area contributed by atoms with E-state index in [2.05, 4.69) is 17.2 Å². The van der Waals surface area contributed by atoms with Gasteiger partial charge in [-0.15, -0.1) is 0 Å². The van der Waals surface area contributed by atoms with E-state index in [9.17, 15) is 4.79 Å². The van der Waals surface area contributed by atoms with Crippen molar-refractivity contribution in [3.8, 4) is 0 Å². The van der Waals surface area contributed by atoms with Gasteiger partial charge in [-0.2, -0.15) is 0 Å². The second kappa shape index (κ2) is 8.13. The van der Waals surface area contributed by atoms with E-state index in [0.717, 1.165) is 24.6 Å². The van der Waals surface area contributed by atoms with Crippen LogP contribution in [0.2, 0.25) is 0 Å². The first-order valence-corrected chi connectivity index (χ1v) is 9.07. The first-order valence-electron chi connectivity index (χ1n) is 9.07. The molecule has 1 aromatic carbocycles. The zero-order valence-electron chi connectivity index (χ0n) is 14.4. The van der Waals surface area contributed by atoms with Gasteiger partial charge in [0.05, 0.1) is 6.33 Å². The molecule has 1 heterocycles. The molecule has 1 saturated carbocycles. The predicted molar refractivity (Wildman–Crippen MR) is 95.8 cm³/mol. The zero-order chi connectivity index (χ0) is 16.8. The summed E-state index contributed by atoms with van der Waals surface area (Å²) in [6.45, 7) is 3.87. The Bertz CT molecular complexity index is 625. The van der Waals surface area contributed by atoms with Crippen LogP contribution in [0.4, 0.5) is 0 Å².